The van der Waals surface area contributed by atoms with Crippen molar-refractivity contribution < 1.29 is 94.2 Å². The molecule has 7 aliphatic rings. The summed E-state index contributed by atoms with van der Waals surface area (Å²) in [5.74, 6) is -0.759. The van der Waals surface area contributed by atoms with Crippen LogP contribution in [-0.2, 0) is 38.0 Å². The quantitative estimate of drug-likeness (QED) is 0.0657. The number of carboxylic acids is 1. The van der Waals surface area contributed by atoms with E-state index in [1.54, 1.807) is 0 Å². The highest BCUT2D eigenvalue weighted by Crippen LogP contribution is 2.73. The van der Waals surface area contributed by atoms with Gasteiger partial charge in [0.2, 0.25) is 5.91 Å². The number of fused-ring (bicyclic) bond motifs is 3. The minimum Gasteiger partial charge on any atom is -0.481 e. The summed E-state index contributed by atoms with van der Waals surface area (Å²) in [6.45, 7) is 8.35. The average molecular weight is 904 g/mol. The van der Waals surface area contributed by atoms with E-state index in [1.807, 2.05) is 13.8 Å². The van der Waals surface area contributed by atoms with Crippen molar-refractivity contribution in [3.8, 4) is 0 Å². The largest absolute Gasteiger partial charge is 0.481 e. The van der Waals surface area contributed by atoms with Gasteiger partial charge in [0.1, 0.15) is 73.2 Å². The van der Waals surface area contributed by atoms with Crippen LogP contribution in [-0.4, -0.2) is 192 Å². The van der Waals surface area contributed by atoms with E-state index in [2.05, 4.69) is 18.8 Å². The van der Waals surface area contributed by atoms with Gasteiger partial charge in [-0.25, -0.2) is 0 Å². The van der Waals surface area contributed by atoms with Gasteiger partial charge in [0.05, 0.1) is 25.4 Å². The maximum atomic E-state index is 14.1. The molecule has 0 aromatic carbocycles. The summed E-state index contributed by atoms with van der Waals surface area (Å²) in [6, 6.07) is -0.302. The van der Waals surface area contributed by atoms with Gasteiger partial charge in [0.15, 0.2) is 18.9 Å². The first-order chi connectivity index (χ1) is 29.7. The van der Waals surface area contributed by atoms with Gasteiger partial charge in [-0.15, -0.1) is 0 Å². The zero-order chi connectivity index (χ0) is 46.0. The van der Waals surface area contributed by atoms with Gasteiger partial charge >= 0.3 is 5.97 Å². The molecule has 1 amide bonds. The molecule has 3 aliphatic heterocycles. The average Bonchev–Trinajstić information content (AvgIpc) is 3.44. The van der Waals surface area contributed by atoms with Gasteiger partial charge in [0.25, 0.3) is 0 Å². The van der Waals surface area contributed by atoms with Crippen LogP contribution in [0.25, 0.3) is 0 Å². The molecular weight excluding hydrogens is 834 g/mol. The number of hydrogen-bond donors (Lipinski definition) is 12. The number of carbonyl (C=O) groups excluding carboxylic acids is 1. The Kier molecular flexibility index (Phi) is 14.5. The van der Waals surface area contributed by atoms with Crippen molar-refractivity contribution in [3.63, 3.8) is 0 Å². The smallest absolute Gasteiger partial charge is 0.303 e. The first-order valence-electron chi connectivity index (χ1n) is 22.4. The molecule has 22 atom stereocenters. The van der Waals surface area contributed by atoms with Crippen LogP contribution in [0.1, 0.15) is 91.4 Å². The van der Waals surface area contributed by atoms with Gasteiger partial charge in [-0.3, -0.25) is 9.59 Å². The summed E-state index contributed by atoms with van der Waals surface area (Å²) in [6.07, 6.45) is -19.1. The number of ether oxygens (including phenoxy) is 6. The van der Waals surface area contributed by atoms with E-state index in [4.69, 9.17) is 28.4 Å². The summed E-state index contributed by atoms with van der Waals surface area (Å²) < 4.78 is 36.9. The number of carbonyl (C=O) groups is 2. The van der Waals surface area contributed by atoms with Gasteiger partial charge in [-0.2, -0.15) is 0 Å². The highest BCUT2D eigenvalue weighted by molar-refractivity contribution is 5.83. The Morgan fingerprint density at radius 3 is 1.84 bits per heavy atom. The first kappa shape index (κ1) is 49.0. The predicted octanol–water partition coefficient (Wildman–Crippen LogP) is -2.09. The second kappa shape index (κ2) is 18.6. The highest BCUT2D eigenvalue weighted by atomic mass is 16.8. The number of hydrogen-bond acceptors (Lipinski definition) is 18. The number of aliphatic hydroxyl groups is 10. The lowest BCUT2D eigenvalue weighted by molar-refractivity contribution is -0.400. The van der Waals surface area contributed by atoms with Crippen LogP contribution in [0.3, 0.4) is 0 Å². The summed E-state index contributed by atoms with van der Waals surface area (Å²) >= 11 is 0. The third-order valence-corrected chi connectivity index (χ3v) is 16.2. The summed E-state index contributed by atoms with van der Waals surface area (Å²) in [5.41, 5.74) is -1.51. The maximum absolute atomic E-state index is 14.1. The third-order valence-electron chi connectivity index (χ3n) is 16.2. The predicted molar refractivity (Wildman–Crippen MR) is 214 cm³/mol. The van der Waals surface area contributed by atoms with Crippen LogP contribution in [0.4, 0.5) is 0 Å². The molecule has 360 valence electrons. The van der Waals surface area contributed by atoms with E-state index in [-0.39, 0.29) is 41.0 Å². The molecule has 3 saturated heterocycles. The van der Waals surface area contributed by atoms with Gasteiger partial charge < -0.3 is 89.9 Å². The van der Waals surface area contributed by atoms with Crippen LogP contribution in [0.15, 0.2) is 12.2 Å². The molecule has 7 fully saturated rings. The van der Waals surface area contributed by atoms with Gasteiger partial charge in [0, 0.05) is 17.9 Å². The van der Waals surface area contributed by atoms with Crippen molar-refractivity contribution in [2.45, 2.75) is 195 Å². The number of nitrogens with one attached hydrogen (secondary N) is 1. The summed E-state index contributed by atoms with van der Waals surface area (Å²) in [7, 11) is 0. The Morgan fingerprint density at radius 2 is 1.27 bits per heavy atom. The van der Waals surface area contributed by atoms with Crippen LogP contribution in [0.2, 0.25) is 0 Å². The second-order valence-electron chi connectivity index (χ2n) is 20.0. The molecule has 12 N–H and O–H groups in total. The second-order valence-corrected chi connectivity index (χ2v) is 20.0. The number of aliphatic hydroxyl groups excluding tert-OH is 10. The lowest BCUT2D eigenvalue weighted by atomic mass is 9.40. The van der Waals surface area contributed by atoms with Crippen LogP contribution >= 0.6 is 0 Å². The lowest BCUT2D eigenvalue weighted by Crippen LogP contribution is -2.68. The molecule has 7 rings (SSSR count). The molecule has 0 aromatic rings. The Balaban J connectivity index is 1.17. The molecule has 4 aliphatic carbocycles. The molecule has 0 radical (unpaired) electrons. The fraction of sp³-hybridized carbons (Fsp3) is 0.907. The van der Waals surface area contributed by atoms with E-state index in [1.165, 1.54) is 0 Å². The summed E-state index contributed by atoms with van der Waals surface area (Å²) in [4.78, 5) is 25.3. The number of amides is 1. The Labute approximate surface area is 366 Å². The zero-order valence-corrected chi connectivity index (χ0v) is 36.2. The molecule has 2 bridgehead atoms. The van der Waals surface area contributed by atoms with Crippen molar-refractivity contribution in [1.82, 2.24) is 5.32 Å². The Hall–Kier alpha value is -1.96. The molecule has 0 aromatic heterocycles. The fourth-order valence-electron chi connectivity index (χ4n) is 12.9. The molecule has 1 unspecified atom stereocenters. The molecule has 4 saturated carbocycles. The minimum atomic E-state index is -1.93. The molecule has 63 heavy (non-hydrogen) atoms. The van der Waals surface area contributed by atoms with Crippen molar-refractivity contribution in [3.05, 3.63) is 12.2 Å². The first-order valence-corrected chi connectivity index (χ1v) is 22.4. The Morgan fingerprint density at radius 1 is 0.730 bits per heavy atom. The topological polar surface area (TPSA) is 324 Å². The van der Waals surface area contributed by atoms with E-state index >= 15 is 0 Å². The normalized spacial score (nSPS) is 50.3. The summed E-state index contributed by atoms with van der Waals surface area (Å²) in [5, 5.41) is 119. The van der Waals surface area contributed by atoms with Crippen LogP contribution in [0.5, 0.6) is 0 Å². The number of rotatable bonds is 14. The molecule has 20 nitrogen and oxygen atoms in total. The van der Waals surface area contributed by atoms with Crippen LogP contribution in [0, 0.1) is 28.1 Å². The molecule has 3 heterocycles. The number of aliphatic carboxylic acids is 1. The zero-order valence-electron chi connectivity index (χ0n) is 36.2. The van der Waals surface area contributed by atoms with Gasteiger partial charge in [-0.05, 0) is 93.0 Å². The van der Waals surface area contributed by atoms with E-state index in [0.717, 1.165) is 31.3 Å². The standard InChI is InChI=1S/C43H69NO19/c1-19-14-42-12-8-24-40(3,10-5-11-41(24,4)39(57)44-20(2)6-7-26(48)49)25(42)9-13-43(19,18-42)63-38-35(62-37-33(56)31(54)28(51)22(16-46)59-37)34(29(52)23(17-47)60-38)61-36-32(55)30(53)27(50)21(15-45)58-36/h20-25,27-38,45-47,50-56H,1,5-18H2,2-4H3,(H,44,57)(H,48,49)/t20?,21-,22-,23-,24+,25+,27-,28-,29-,30+,31+,32-,33-,34+,35-,36+,37+,38+,40-,41-,42-,43+/m1/s1. The van der Waals surface area contributed by atoms with Crippen molar-refractivity contribution in [1.29, 1.82) is 0 Å². The van der Waals surface area contributed by atoms with Crippen LogP contribution < -0.4 is 5.32 Å². The van der Waals surface area contributed by atoms with E-state index < -0.39 is 129 Å². The maximum Gasteiger partial charge on any atom is 0.303 e. The molecule has 20 heteroatoms. The molecular formula is C43H69NO19. The third kappa shape index (κ3) is 8.64. The monoisotopic (exact) mass is 903 g/mol. The van der Waals surface area contributed by atoms with Crippen molar-refractivity contribution in [2.75, 3.05) is 19.8 Å². The minimum absolute atomic E-state index is 0.0443. The lowest BCUT2D eigenvalue weighted by Gasteiger charge is -2.64. The van der Waals surface area contributed by atoms with Crippen molar-refractivity contribution in [2.24, 2.45) is 28.1 Å². The van der Waals surface area contributed by atoms with Crippen molar-refractivity contribution >= 4 is 11.9 Å². The molecule has 1 spiro atoms. The van der Waals surface area contributed by atoms with Gasteiger partial charge in [-0.1, -0.05) is 26.8 Å². The fourth-order valence-corrected chi connectivity index (χ4v) is 12.9. The number of carboxylic acid groups (broad SMARTS) is 1. The van der Waals surface area contributed by atoms with E-state index in [9.17, 15) is 65.8 Å². The van der Waals surface area contributed by atoms with E-state index in [0.29, 0.717) is 38.5 Å². The SMILES string of the molecule is C=C1C[C@@]23CC[C@H]4[C@@](C)(CCC[C@@]4(C)C(=O)NC(C)CCC(=O)O)[C@@H]2CC[C@]1(O[C@@H]1O[C@H](CO)[C@@H](O)[C@H](O[C@@H]2O[C@H](CO)[C@@H](O)[C@H](O)[C@H]2O)[C@H]1O[C@@H]1O[C@H](CO)[C@@H](O)[C@H](O)[C@H]1O)C3. The Bertz CT molecular complexity index is 1650. The highest BCUT2D eigenvalue weighted by Gasteiger charge is 2.69.